The van der Waals surface area contributed by atoms with Crippen LogP contribution in [0.1, 0.15) is 28.4 Å². The number of hydrogen-bond acceptors (Lipinski definition) is 7. The van der Waals surface area contributed by atoms with Gasteiger partial charge in [-0.15, -0.1) is 0 Å². The molecule has 8 nitrogen and oxygen atoms in total. The fourth-order valence-corrected chi connectivity index (χ4v) is 4.64. The second-order valence-electron chi connectivity index (χ2n) is 10.1. The molecular weight excluding hydrogens is 556 g/mol. The first-order chi connectivity index (χ1) is 21.3. The standard InChI is InChI=1S/C36H36N2O6/c1-25(2)35(40)38(28-13-10-14-30(24-28)42-3)21-22-44-29-19-17-26(18-20-29)23-33(36(41)43-4)37-32-16-9-8-15-31(32)34(39)27-11-6-5-7-12-27/h5-20,24,33,37H,1,21-23H2,2-4H3. The summed E-state index contributed by atoms with van der Waals surface area (Å²) in [5, 5.41) is 3.22. The Morgan fingerprint density at radius 2 is 1.55 bits per heavy atom. The summed E-state index contributed by atoms with van der Waals surface area (Å²) in [6.45, 7) is 6.02. The largest absolute Gasteiger partial charge is 0.497 e. The van der Waals surface area contributed by atoms with E-state index < -0.39 is 12.0 Å². The molecule has 0 bridgehead atoms. The molecule has 0 aliphatic heterocycles. The highest BCUT2D eigenvalue weighted by Gasteiger charge is 2.23. The lowest BCUT2D eigenvalue weighted by atomic mass is 10.00. The average molecular weight is 593 g/mol. The van der Waals surface area contributed by atoms with Crippen LogP contribution in [0, 0.1) is 0 Å². The molecule has 0 aliphatic carbocycles. The van der Waals surface area contributed by atoms with Crippen LogP contribution in [0.2, 0.25) is 0 Å². The molecule has 1 atom stereocenters. The highest BCUT2D eigenvalue weighted by atomic mass is 16.5. The zero-order valence-electron chi connectivity index (χ0n) is 25.1. The van der Waals surface area contributed by atoms with Gasteiger partial charge in [0.15, 0.2) is 5.78 Å². The third-order valence-corrected chi connectivity index (χ3v) is 6.95. The Hall–Kier alpha value is -5.37. The van der Waals surface area contributed by atoms with Crippen LogP contribution < -0.4 is 19.7 Å². The molecule has 0 radical (unpaired) electrons. The van der Waals surface area contributed by atoms with E-state index in [2.05, 4.69) is 11.9 Å². The smallest absolute Gasteiger partial charge is 0.328 e. The van der Waals surface area contributed by atoms with Gasteiger partial charge in [0.05, 0.1) is 20.8 Å². The van der Waals surface area contributed by atoms with E-state index in [1.54, 1.807) is 55.3 Å². The molecule has 226 valence electrons. The predicted molar refractivity (Wildman–Crippen MR) is 172 cm³/mol. The summed E-state index contributed by atoms with van der Waals surface area (Å²) in [5.41, 5.74) is 3.53. The van der Waals surface area contributed by atoms with Crippen LogP contribution in [0.25, 0.3) is 0 Å². The van der Waals surface area contributed by atoms with Gasteiger partial charge in [-0.05, 0) is 48.9 Å². The lowest BCUT2D eigenvalue weighted by molar-refractivity contribution is -0.141. The van der Waals surface area contributed by atoms with Crippen molar-refractivity contribution in [2.75, 3.05) is 37.6 Å². The maximum atomic E-state index is 13.2. The van der Waals surface area contributed by atoms with Gasteiger partial charge >= 0.3 is 5.97 Å². The third kappa shape index (κ3) is 8.13. The summed E-state index contributed by atoms with van der Waals surface area (Å²) in [6.07, 6.45) is 0.317. The molecule has 1 unspecified atom stereocenters. The molecule has 1 amide bonds. The molecule has 8 heteroatoms. The Balaban J connectivity index is 1.42. The summed E-state index contributed by atoms with van der Waals surface area (Å²) in [4.78, 5) is 40.4. The van der Waals surface area contributed by atoms with Gasteiger partial charge in [-0.3, -0.25) is 9.59 Å². The molecule has 0 saturated carbocycles. The normalized spacial score (nSPS) is 11.2. The SMILES string of the molecule is C=C(C)C(=O)N(CCOc1ccc(CC(Nc2ccccc2C(=O)c2ccccc2)C(=O)OC)cc1)c1cccc(OC)c1. The van der Waals surface area contributed by atoms with E-state index in [-0.39, 0.29) is 18.3 Å². The second-order valence-corrected chi connectivity index (χ2v) is 10.1. The molecule has 1 N–H and O–H groups in total. The van der Waals surface area contributed by atoms with Crippen molar-refractivity contribution in [3.63, 3.8) is 0 Å². The van der Waals surface area contributed by atoms with Crippen LogP contribution in [0.5, 0.6) is 11.5 Å². The first-order valence-electron chi connectivity index (χ1n) is 14.2. The van der Waals surface area contributed by atoms with Gasteiger partial charge < -0.3 is 24.4 Å². The number of hydrogen-bond donors (Lipinski definition) is 1. The molecule has 0 heterocycles. The van der Waals surface area contributed by atoms with Crippen LogP contribution in [-0.4, -0.2) is 51.1 Å². The number of para-hydroxylation sites is 1. The van der Waals surface area contributed by atoms with Crippen LogP contribution in [-0.2, 0) is 20.7 Å². The van der Waals surface area contributed by atoms with Crippen molar-refractivity contribution in [3.8, 4) is 11.5 Å². The minimum absolute atomic E-state index is 0.145. The zero-order chi connectivity index (χ0) is 31.5. The molecule has 0 spiro atoms. The molecule has 4 aromatic rings. The van der Waals surface area contributed by atoms with Gasteiger partial charge in [-0.1, -0.05) is 67.2 Å². The summed E-state index contributed by atoms with van der Waals surface area (Å²) in [7, 11) is 2.91. The number of esters is 1. The van der Waals surface area contributed by atoms with E-state index in [1.165, 1.54) is 7.11 Å². The van der Waals surface area contributed by atoms with Crippen LogP contribution in [0.4, 0.5) is 11.4 Å². The van der Waals surface area contributed by atoms with Gasteiger partial charge in [0.25, 0.3) is 5.91 Å². The molecule has 0 aromatic heterocycles. The Kier molecular flexibility index (Phi) is 10.9. The number of benzene rings is 4. The number of anilines is 2. The predicted octanol–water partition coefficient (Wildman–Crippen LogP) is 6.11. The van der Waals surface area contributed by atoms with Crippen molar-refractivity contribution >= 4 is 29.0 Å². The highest BCUT2D eigenvalue weighted by molar-refractivity contribution is 6.12. The molecule has 4 rings (SSSR count). The number of ketones is 1. The fourth-order valence-electron chi connectivity index (χ4n) is 4.64. The number of carbonyl (C=O) groups is 3. The number of nitrogens with one attached hydrogen (secondary N) is 1. The molecule has 44 heavy (non-hydrogen) atoms. The lowest BCUT2D eigenvalue weighted by Gasteiger charge is -2.23. The lowest BCUT2D eigenvalue weighted by Crippen LogP contribution is -2.35. The number of rotatable bonds is 14. The summed E-state index contributed by atoms with van der Waals surface area (Å²) < 4.78 is 16.3. The van der Waals surface area contributed by atoms with Crippen molar-refractivity contribution in [2.45, 2.75) is 19.4 Å². The van der Waals surface area contributed by atoms with Gasteiger partial charge in [-0.2, -0.15) is 0 Å². The van der Waals surface area contributed by atoms with Crippen LogP contribution in [0.3, 0.4) is 0 Å². The quantitative estimate of drug-likeness (QED) is 0.107. The molecule has 4 aromatic carbocycles. The second kappa shape index (κ2) is 15.2. The van der Waals surface area contributed by atoms with E-state index in [4.69, 9.17) is 14.2 Å². The summed E-state index contributed by atoms with van der Waals surface area (Å²) in [6, 6.07) is 30.0. The van der Waals surface area contributed by atoms with Crippen LogP contribution >= 0.6 is 0 Å². The summed E-state index contributed by atoms with van der Waals surface area (Å²) in [5.74, 6) is 0.458. The molecule has 0 fully saturated rings. The van der Waals surface area contributed by atoms with Gasteiger partial charge in [0.2, 0.25) is 0 Å². The average Bonchev–Trinajstić information content (AvgIpc) is 3.06. The number of nitrogens with zero attached hydrogens (tertiary/aromatic N) is 1. The first-order valence-corrected chi connectivity index (χ1v) is 14.2. The minimum atomic E-state index is -0.735. The Morgan fingerprint density at radius 3 is 2.23 bits per heavy atom. The topological polar surface area (TPSA) is 94.2 Å². The Morgan fingerprint density at radius 1 is 0.841 bits per heavy atom. The molecular formula is C36H36N2O6. The van der Waals surface area contributed by atoms with E-state index >= 15 is 0 Å². The van der Waals surface area contributed by atoms with Crippen molar-refractivity contribution in [1.29, 1.82) is 0 Å². The van der Waals surface area contributed by atoms with Crippen molar-refractivity contribution in [2.24, 2.45) is 0 Å². The number of carbonyl (C=O) groups excluding carboxylic acids is 3. The number of methoxy groups -OCH3 is 2. The van der Waals surface area contributed by atoms with Crippen molar-refractivity contribution in [3.05, 3.63) is 132 Å². The van der Waals surface area contributed by atoms with Gasteiger partial charge in [0, 0.05) is 40.6 Å². The number of ether oxygens (including phenoxy) is 3. The maximum absolute atomic E-state index is 13.2. The Bertz CT molecular complexity index is 1600. The fraction of sp³-hybridized carbons (Fsp3) is 0.194. The minimum Gasteiger partial charge on any atom is -0.497 e. The Labute approximate surface area is 257 Å². The summed E-state index contributed by atoms with van der Waals surface area (Å²) >= 11 is 0. The van der Waals surface area contributed by atoms with E-state index in [9.17, 15) is 14.4 Å². The maximum Gasteiger partial charge on any atom is 0.328 e. The van der Waals surface area contributed by atoms with Gasteiger partial charge in [-0.25, -0.2) is 4.79 Å². The zero-order valence-corrected chi connectivity index (χ0v) is 25.1. The monoisotopic (exact) mass is 592 g/mol. The van der Waals surface area contributed by atoms with E-state index in [0.717, 1.165) is 5.56 Å². The van der Waals surface area contributed by atoms with Crippen molar-refractivity contribution in [1.82, 2.24) is 0 Å². The molecule has 0 aliphatic rings. The first kappa shape index (κ1) is 31.6. The van der Waals surface area contributed by atoms with E-state index in [1.807, 2.05) is 66.7 Å². The number of amides is 1. The van der Waals surface area contributed by atoms with E-state index in [0.29, 0.717) is 52.5 Å². The van der Waals surface area contributed by atoms with Crippen molar-refractivity contribution < 1.29 is 28.6 Å². The molecule has 0 saturated heterocycles. The van der Waals surface area contributed by atoms with Gasteiger partial charge in [0.1, 0.15) is 24.1 Å². The highest BCUT2D eigenvalue weighted by Crippen LogP contribution is 2.24. The van der Waals surface area contributed by atoms with Crippen LogP contribution in [0.15, 0.2) is 115 Å². The third-order valence-electron chi connectivity index (χ3n) is 6.95.